The third kappa shape index (κ3) is 7.41. The minimum atomic E-state index is -0.983. The Labute approximate surface area is 247 Å². The highest BCUT2D eigenvalue weighted by molar-refractivity contribution is 6.00. The first-order valence-corrected chi connectivity index (χ1v) is 14.0. The molecule has 3 aromatic rings. The predicted octanol–water partition coefficient (Wildman–Crippen LogP) is 2.96. The Hall–Kier alpha value is -4.65. The summed E-state index contributed by atoms with van der Waals surface area (Å²) in [6.45, 7) is 2.64. The Bertz CT molecular complexity index is 1480. The van der Waals surface area contributed by atoms with Gasteiger partial charge in [0.25, 0.3) is 5.91 Å². The fraction of sp³-hybridized carbons (Fsp3) is 0.400. The molecule has 0 bridgehead atoms. The van der Waals surface area contributed by atoms with Gasteiger partial charge in [0.1, 0.15) is 43.2 Å². The molecule has 5 rings (SSSR count). The van der Waals surface area contributed by atoms with Crippen molar-refractivity contribution < 1.29 is 38.1 Å². The van der Waals surface area contributed by atoms with Crippen LogP contribution in [0.25, 0.3) is 0 Å². The first-order valence-electron chi connectivity index (χ1n) is 14.0. The molecule has 1 atom stereocenters. The van der Waals surface area contributed by atoms with Crippen molar-refractivity contribution >= 4 is 23.7 Å². The van der Waals surface area contributed by atoms with E-state index < -0.39 is 29.7 Å². The van der Waals surface area contributed by atoms with E-state index in [2.05, 4.69) is 10.4 Å². The third-order valence-corrected chi connectivity index (χ3v) is 7.44. The molecule has 3 heterocycles. The van der Waals surface area contributed by atoms with Gasteiger partial charge in [0.15, 0.2) is 0 Å². The van der Waals surface area contributed by atoms with Crippen molar-refractivity contribution in [3.63, 3.8) is 0 Å². The lowest BCUT2D eigenvalue weighted by Crippen LogP contribution is -2.50. The normalized spacial score (nSPS) is 17.9. The van der Waals surface area contributed by atoms with Crippen molar-refractivity contribution in [2.24, 2.45) is 0 Å². The third-order valence-electron chi connectivity index (χ3n) is 7.44. The number of piperidine rings is 1. The Morgan fingerprint density at radius 3 is 2.72 bits per heavy atom. The van der Waals surface area contributed by atoms with Crippen LogP contribution in [0.4, 0.5) is 19.7 Å². The molecule has 2 aliphatic heterocycles. The number of nitrogens with zero attached hydrogens (tertiary/aromatic N) is 4. The van der Waals surface area contributed by atoms with Gasteiger partial charge in [-0.15, -0.1) is 0 Å². The number of aromatic nitrogens is 2. The van der Waals surface area contributed by atoms with Gasteiger partial charge in [0.05, 0.1) is 17.5 Å². The summed E-state index contributed by atoms with van der Waals surface area (Å²) in [4.78, 5) is 41.3. The van der Waals surface area contributed by atoms with Gasteiger partial charge in [-0.1, -0.05) is 12.1 Å². The summed E-state index contributed by atoms with van der Waals surface area (Å²) in [5.74, 6) is 0.135. The summed E-state index contributed by atoms with van der Waals surface area (Å²) >= 11 is 0. The van der Waals surface area contributed by atoms with Crippen LogP contribution in [0.1, 0.15) is 30.9 Å². The Morgan fingerprint density at radius 2 is 1.95 bits per heavy atom. The SMILES string of the molecule is CN1C(=O)[C@@H](NC(=O)n2cc(Cc3cccc(F)c3)cn2)COc2ccc(OCCOC(=O)N3CCC(C)(O)CC3)cc21. The molecular weight excluding hydrogens is 561 g/mol. The van der Waals surface area contributed by atoms with Crippen molar-refractivity contribution in [2.75, 3.05) is 44.9 Å². The summed E-state index contributed by atoms with van der Waals surface area (Å²) in [5.41, 5.74) is 1.14. The predicted molar refractivity (Wildman–Crippen MR) is 153 cm³/mol. The summed E-state index contributed by atoms with van der Waals surface area (Å²) in [6.07, 6.45) is 3.97. The summed E-state index contributed by atoms with van der Waals surface area (Å²) in [6, 6.07) is 9.56. The zero-order valence-electron chi connectivity index (χ0n) is 24.0. The topological polar surface area (TPSA) is 135 Å². The van der Waals surface area contributed by atoms with E-state index in [1.54, 1.807) is 49.2 Å². The lowest BCUT2D eigenvalue weighted by molar-refractivity contribution is -0.120. The lowest BCUT2D eigenvalue weighted by Gasteiger charge is -2.35. The number of likely N-dealkylation sites (tertiary alicyclic amines) is 1. The van der Waals surface area contributed by atoms with Crippen LogP contribution in [0.2, 0.25) is 0 Å². The van der Waals surface area contributed by atoms with Crippen molar-refractivity contribution in [3.05, 3.63) is 71.8 Å². The molecule has 2 N–H and O–H groups in total. The van der Waals surface area contributed by atoms with Gasteiger partial charge in [-0.3, -0.25) is 4.79 Å². The molecule has 228 valence electrons. The largest absolute Gasteiger partial charge is 0.490 e. The highest BCUT2D eigenvalue weighted by Crippen LogP contribution is 2.34. The van der Waals surface area contributed by atoms with E-state index in [4.69, 9.17) is 14.2 Å². The van der Waals surface area contributed by atoms with Gasteiger partial charge in [-0.2, -0.15) is 9.78 Å². The van der Waals surface area contributed by atoms with Gasteiger partial charge in [-0.05, 0) is 55.2 Å². The Balaban J connectivity index is 1.12. The molecule has 1 saturated heterocycles. The van der Waals surface area contributed by atoms with Crippen LogP contribution in [0.15, 0.2) is 54.9 Å². The van der Waals surface area contributed by atoms with Crippen LogP contribution >= 0.6 is 0 Å². The van der Waals surface area contributed by atoms with Gasteiger partial charge < -0.3 is 34.4 Å². The number of carbonyl (C=O) groups is 3. The van der Waals surface area contributed by atoms with Crippen LogP contribution in [0, 0.1) is 5.82 Å². The summed E-state index contributed by atoms with van der Waals surface area (Å²) in [5, 5.41) is 16.8. The van der Waals surface area contributed by atoms with E-state index in [9.17, 15) is 23.9 Å². The zero-order chi connectivity index (χ0) is 30.6. The fourth-order valence-corrected chi connectivity index (χ4v) is 4.88. The van der Waals surface area contributed by atoms with Gasteiger partial charge in [0, 0.05) is 38.8 Å². The van der Waals surface area contributed by atoms with E-state index in [0.29, 0.717) is 55.1 Å². The number of nitrogens with one attached hydrogen (secondary N) is 1. The number of benzene rings is 2. The first kappa shape index (κ1) is 29.8. The molecule has 12 nitrogen and oxygen atoms in total. The van der Waals surface area contributed by atoms with Crippen molar-refractivity contribution in [1.82, 2.24) is 20.0 Å². The molecule has 0 radical (unpaired) electrons. The number of likely N-dealkylation sites (N-methyl/N-ethyl adjacent to an activating group) is 1. The Morgan fingerprint density at radius 1 is 1.16 bits per heavy atom. The van der Waals surface area contributed by atoms with E-state index in [-0.39, 0.29) is 25.6 Å². The number of halogens is 1. The molecule has 43 heavy (non-hydrogen) atoms. The quantitative estimate of drug-likeness (QED) is 0.398. The minimum absolute atomic E-state index is 0.0273. The number of aliphatic hydroxyl groups is 1. The van der Waals surface area contributed by atoms with Gasteiger partial charge in [-0.25, -0.2) is 14.0 Å². The van der Waals surface area contributed by atoms with Crippen LogP contribution in [0.5, 0.6) is 11.5 Å². The smallest absolute Gasteiger partial charge is 0.409 e. The number of rotatable bonds is 7. The number of ether oxygens (including phenoxy) is 3. The summed E-state index contributed by atoms with van der Waals surface area (Å²) in [7, 11) is 1.57. The maximum absolute atomic E-state index is 13.5. The monoisotopic (exact) mass is 595 g/mol. The van der Waals surface area contributed by atoms with E-state index in [0.717, 1.165) is 10.2 Å². The van der Waals surface area contributed by atoms with Gasteiger partial charge in [0.2, 0.25) is 0 Å². The molecule has 1 aromatic heterocycles. The zero-order valence-corrected chi connectivity index (χ0v) is 24.0. The average Bonchev–Trinajstić information content (AvgIpc) is 3.41. The molecule has 2 aliphatic rings. The van der Waals surface area contributed by atoms with Crippen molar-refractivity contribution in [2.45, 2.75) is 37.8 Å². The second-order valence-electron chi connectivity index (χ2n) is 10.9. The molecular formula is C30H34FN5O7. The van der Waals surface area contributed by atoms with Crippen LogP contribution in [0.3, 0.4) is 0 Å². The molecule has 0 unspecified atom stereocenters. The molecule has 0 saturated carbocycles. The Kier molecular flexibility index (Phi) is 8.81. The second kappa shape index (κ2) is 12.7. The van der Waals surface area contributed by atoms with Crippen LogP contribution in [-0.2, 0) is 16.0 Å². The number of amides is 3. The molecule has 0 spiro atoms. The molecule has 13 heteroatoms. The fourth-order valence-electron chi connectivity index (χ4n) is 4.88. The standard InChI is InChI=1S/C30H34FN5O7/c1-30(40)8-10-35(11-9-30)29(39)42-13-12-41-23-6-7-26-25(16-23)34(2)27(37)24(19-43-26)33-28(38)36-18-21(17-32-36)14-20-4-3-5-22(31)15-20/h3-7,15-18,24,40H,8-14,19H2,1-2H3,(H,33,38)/t24-/m0/s1. The van der Waals surface area contributed by atoms with Crippen LogP contribution in [-0.4, -0.2) is 89.4 Å². The van der Waals surface area contributed by atoms with Crippen molar-refractivity contribution in [1.29, 1.82) is 0 Å². The second-order valence-corrected chi connectivity index (χ2v) is 10.9. The van der Waals surface area contributed by atoms with E-state index >= 15 is 0 Å². The molecule has 0 aliphatic carbocycles. The highest BCUT2D eigenvalue weighted by Gasteiger charge is 2.32. The van der Waals surface area contributed by atoms with Crippen molar-refractivity contribution in [3.8, 4) is 11.5 Å². The average molecular weight is 596 g/mol. The maximum Gasteiger partial charge on any atom is 0.409 e. The number of fused-ring (bicyclic) bond motifs is 1. The minimum Gasteiger partial charge on any atom is -0.490 e. The highest BCUT2D eigenvalue weighted by atomic mass is 19.1. The molecule has 1 fully saturated rings. The first-order chi connectivity index (χ1) is 20.6. The number of hydrogen-bond acceptors (Lipinski definition) is 8. The number of hydrogen-bond donors (Lipinski definition) is 2. The van der Waals surface area contributed by atoms with Gasteiger partial charge >= 0.3 is 12.1 Å². The summed E-state index contributed by atoms with van der Waals surface area (Å²) < 4.78 is 31.5. The van der Waals surface area contributed by atoms with E-state index in [1.165, 1.54) is 29.4 Å². The molecule has 2 aromatic carbocycles. The van der Waals surface area contributed by atoms with Crippen LogP contribution < -0.4 is 19.7 Å². The number of anilines is 1. The molecule has 3 amide bonds. The number of carbonyl (C=O) groups excluding carboxylic acids is 3. The maximum atomic E-state index is 13.5. The van der Waals surface area contributed by atoms with E-state index in [1.807, 2.05) is 0 Å². The lowest BCUT2D eigenvalue weighted by atomic mass is 9.94.